The average Bonchev–Trinajstić information content (AvgIpc) is 2.88. The van der Waals surface area contributed by atoms with Crippen molar-refractivity contribution in [2.45, 2.75) is 31.8 Å². The minimum absolute atomic E-state index is 0.0914. The van der Waals surface area contributed by atoms with E-state index in [-0.39, 0.29) is 17.9 Å². The molecule has 0 radical (unpaired) electrons. The first kappa shape index (κ1) is 15.3. The van der Waals surface area contributed by atoms with Crippen molar-refractivity contribution in [3.8, 4) is 0 Å². The van der Waals surface area contributed by atoms with E-state index in [9.17, 15) is 9.59 Å². The summed E-state index contributed by atoms with van der Waals surface area (Å²) in [6, 6.07) is 0. The molecular weight excluding hydrogens is 260 g/mol. The molecule has 2 saturated heterocycles. The zero-order valence-corrected chi connectivity index (χ0v) is 12.2. The van der Waals surface area contributed by atoms with E-state index in [4.69, 9.17) is 9.47 Å². The number of hydrogen-bond donors (Lipinski definition) is 0. The van der Waals surface area contributed by atoms with Crippen molar-refractivity contribution in [1.29, 1.82) is 0 Å². The zero-order valence-electron chi connectivity index (χ0n) is 12.2. The van der Waals surface area contributed by atoms with E-state index in [0.717, 1.165) is 25.8 Å². The number of hydrogen-bond acceptors (Lipinski definition) is 4. The van der Waals surface area contributed by atoms with Crippen LogP contribution in [0, 0.1) is 0 Å². The lowest BCUT2D eigenvalue weighted by Gasteiger charge is -2.24. The third kappa shape index (κ3) is 3.93. The highest BCUT2D eigenvalue weighted by atomic mass is 16.5. The second-order valence-corrected chi connectivity index (χ2v) is 5.30. The molecule has 114 valence electrons. The number of rotatable bonds is 4. The summed E-state index contributed by atoms with van der Waals surface area (Å²) in [5.74, 6) is 0.201. The minimum Gasteiger partial charge on any atom is -0.384 e. The molecule has 2 fully saturated rings. The maximum absolute atomic E-state index is 12.3. The molecule has 0 bridgehead atoms. The molecule has 6 heteroatoms. The summed E-state index contributed by atoms with van der Waals surface area (Å²) < 4.78 is 10.4. The van der Waals surface area contributed by atoms with Crippen molar-refractivity contribution in [3.63, 3.8) is 0 Å². The fraction of sp³-hybridized carbons (Fsp3) is 0.857. The minimum atomic E-state index is -0.259. The highest BCUT2D eigenvalue weighted by molar-refractivity contribution is 5.81. The van der Waals surface area contributed by atoms with Crippen LogP contribution in [0.4, 0.5) is 0 Å². The van der Waals surface area contributed by atoms with Gasteiger partial charge in [-0.2, -0.15) is 0 Å². The normalized spacial score (nSPS) is 23.8. The van der Waals surface area contributed by atoms with Gasteiger partial charge < -0.3 is 19.3 Å². The first-order chi connectivity index (χ1) is 9.72. The predicted molar refractivity (Wildman–Crippen MR) is 73.2 cm³/mol. The van der Waals surface area contributed by atoms with Crippen LogP contribution in [0.1, 0.15) is 25.7 Å². The summed E-state index contributed by atoms with van der Waals surface area (Å²) in [7, 11) is 1.59. The lowest BCUT2D eigenvalue weighted by molar-refractivity contribution is -0.141. The average molecular weight is 284 g/mol. The Morgan fingerprint density at radius 1 is 1.15 bits per heavy atom. The van der Waals surface area contributed by atoms with E-state index in [1.807, 2.05) is 9.80 Å². The van der Waals surface area contributed by atoms with E-state index in [0.29, 0.717) is 39.3 Å². The van der Waals surface area contributed by atoms with Crippen LogP contribution in [0.5, 0.6) is 0 Å². The van der Waals surface area contributed by atoms with Crippen molar-refractivity contribution in [2.75, 3.05) is 46.5 Å². The second kappa shape index (κ2) is 7.59. The van der Waals surface area contributed by atoms with Gasteiger partial charge in [0.2, 0.25) is 5.91 Å². The Morgan fingerprint density at radius 2 is 1.90 bits per heavy atom. The van der Waals surface area contributed by atoms with Crippen LogP contribution >= 0.6 is 0 Å². The van der Waals surface area contributed by atoms with Crippen LogP contribution in [0.25, 0.3) is 0 Å². The summed E-state index contributed by atoms with van der Waals surface area (Å²) >= 11 is 0. The Balaban J connectivity index is 1.82. The predicted octanol–water partition coefficient (Wildman–Crippen LogP) is 0.263. The molecule has 1 unspecified atom stereocenters. The monoisotopic (exact) mass is 284 g/mol. The van der Waals surface area contributed by atoms with Gasteiger partial charge >= 0.3 is 0 Å². The summed E-state index contributed by atoms with van der Waals surface area (Å²) in [6.07, 6.45) is 2.77. The van der Waals surface area contributed by atoms with E-state index < -0.39 is 0 Å². The molecule has 2 aliphatic heterocycles. The smallest absolute Gasteiger partial charge is 0.251 e. The van der Waals surface area contributed by atoms with Gasteiger partial charge in [0.05, 0.1) is 13.0 Å². The van der Waals surface area contributed by atoms with Gasteiger partial charge in [-0.1, -0.05) is 0 Å². The number of carbonyl (C=O) groups is 2. The number of ether oxygens (including phenoxy) is 2. The topological polar surface area (TPSA) is 59.1 Å². The van der Waals surface area contributed by atoms with Crippen LogP contribution in [0.15, 0.2) is 0 Å². The van der Waals surface area contributed by atoms with Crippen LogP contribution in [-0.2, 0) is 19.1 Å². The third-order valence-electron chi connectivity index (χ3n) is 3.89. The Kier molecular flexibility index (Phi) is 5.79. The highest BCUT2D eigenvalue weighted by Gasteiger charge is 2.29. The molecule has 2 heterocycles. The number of amides is 2. The van der Waals surface area contributed by atoms with Crippen molar-refractivity contribution in [2.24, 2.45) is 0 Å². The number of carbonyl (C=O) groups excluding carboxylic acids is 2. The second-order valence-electron chi connectivity index (χ2n) is 5.30. The van der Waals surface area contributed by atoms with Gasteiger partial charge in [-0.05, 0) is 19.3 Å². The lowest BCUT2D eigenvalue weighted by Crippen LogP contribution is -2.41. The van der Waals surface area contributed by atoms with Crippen molar-refractivity contribution < 1.29 is 19.1 Å². The summed E-state index contributed by atoms with van der Waals surface area (Å²) in [4.78, 5) is 27.9. The van der Waals surface area contributed by atoms with Gasteiger partial charge in [0.15, 0.2) is 0 Å². The number of nitrogens with zero attached hydrogens (tertiary/aromatic N) is 2. The van der Waals surface area contributed by atoms with Gasteiger partial charge in [0, 0.05) is 39.9 Å². The third-order valence-corrected chi connectivity index (χ3v) is 3.89. The summed E-state index contributed by atoms with van der Waals surface area (Å²) in [6.45, 7) is 3.79. The molecule has 2 amide bonds. The molecule has 0 spiro atoms. The lowest BCUT2D eigenvalue weighted by atomic mass is 10.2. The Morgan fingerprint density at radius 3 is 2.60 bits per heavy atom. The van der Waals surface area contributed by atoms with E-state index in [1.54, 1.807) is 7.11 Å². The molecule has 6 nitrogen and oxygen atoms in total. The van der Waals surface area contributed by atoms with Gasteiger partial charge in [0.1, 0.15) is 6.10 Å². The standard InChI is InChI=1S/C14H24N2O4/c1-19-11-5-13(17)15-6-3-7-16(9-8-15)14(18)12-4-2-10-20-12/h12H,2-11H2,1H3. The first-order valence-corrected chi connectivity index (χ1v) is 7.39. The molecule has 2 aliphatic rings. The molecule has 20 heavy (non-hydrogen) atoms. The molecule has 0 saturated carbocycles. The largest absolute Gasteiger partial charge is 0.384 e. The maximum Gasteiger partial charge on any atom is 0.251 e. The van der Waals surface area contributed by atoms with E-state index >= 15 is 0 Å². The van der Waals surface area contributed by atoms with Crippen LogP contribution in [-0.4, -0.2) is 74.2 Å². The molecule has 0 N–H and O–H groups in total. The molecule has 0 aromatic heterocycles. The van der Waals surface area contributed by atoms with Gasteiger partial charge in [-0.3, -0.25) is 9.59 Å². The summed E-state index contributed by atoms with van der Waals surface area (Å²) in [5, 5.41) is 0. The van der Waals surface area contributed by atoms with Gasteiger partial charge in [-0.15, -0.1) is 0 Å². The zero-order chi connectivity index (χ0) is 14.4. The van der Waals surface area contributed by atoms with Crippen molar-refractivity contribution in [3.05, 3.63) is 0 Å². The van der Waals surface area contributed by atoms with Crippen LogP contribution < -0.4 is 0 Å². The molecule has 1 atom stereocenters. The molecular formula is C14H24N2O4. The molecule has 0 aromatic rings. The molecule has 0 aromatic carbocycles. The van der Waals surface area contributed by atoms with Gasteiger partial charge in [-0.25, -0.2) is 0 Å². The highest BCUT2D eigenvalue weighted by Crippen LogP contribution is 2.16. The molecule has 2 rings (SSSR count). The first-order valence-electron chi connectivity index (χ1n) is 7.39. The fourth-order valence-electron chi connectivity index (χ4n) is 2.71. The van der Waals surface area contributed by atoms with E-state index in [2.05, 4.69) is 0 Å². The maximum atomic E-state index is 12.3. The van der Waals surface area contributed by atoms with Crippen molar-refractivity contribution >= 4 is 11.8 Å². The summed E-state index contributed by atoms with van der Waals surface area (Å²) in [5.41, 5.74) is 0. The van der Waals surface area contributed by atoms with Crippen LogP contribution in [0.2, 0.25) is 0 Å². The Labute approximate surface area is 120 Å². The fourth-order valence-corrected chi connectivity index (χ4v) is 2.71. The van der Waals surface area contributed by atoms with Crippen LogP contribution in [0.3, 0.4) is 0 Å². The molecule has 0 aliphatic carbocycles. The Bertz CT molecular complexity index is 342. The quantitative estimate of drug-likeness (QED) is 0.743. The van der Waals surface area contributed by atoms with E-state index in [1.165, 1.54) is 0 Å². The Hall–Kier alpha value is -1.14. The van der Waals surface area contributed by atoms with Crippen molar-refractivity contribution in [1.82, 2.24) is 9.80 Å². The van der Waals surface area contributed by atoms with Gasteiger partial charge in [0.25, 0.3) is 5.91 Å². The number of methoxy groups -OCH3 is 1. The SMILES string of the molecule is COCCC(=O)N1CCCN(C(=O)C2CCCO2)CC1.